The SMILES string of the molecule is CCCc1cc(C(=O)O)cc(-n2ccnc2C#N)n1. The molecule has 0 atom stereocenters. The number of nitrogens with zero attached hydrogens (tertiary/aromatic N) is 4. The molecule has 0 fully saturated rings. The topological polar surface area (TPSA) is 91.8 Å². The van der Waals surface area contributed by atoms with E-state index in [0.717, 1.165) is 6.42 Å². The second-order valence-electron chi connectivity index (χ2n) is 3.99. The Balaban J connectivity index is 2.57. The van der Waals surface area contributed by atoms with Crippen molar-refractivity contribution < 1.29 is 9.90 Å². The molecule has 19 heavy (non-hydrogen) atoms. The minimum Gasteiger partial charge on any atom is -0.478 e. The van der Waals surface area contributed by atoms with Gasteiger partial charge in [0.2, 0.25) is 5.82 Å². The number of pyridine rings is 1. The Bertz CT molecular complexity index is 655. The van der Waals surface area contributed by atoms with Gasteiger partial charge in [-0.05, 0) is 18.6 Å². The summed E-state index contributed by atoms with van der Waals surface area (Å²) in [5.41, 5.74) is 0.848. The fourth-order valence-corrected chi connectivity index (χ4v) is 1.77. The molecule has 0 spiro atoms. The second kappa shape index (κ2) is 5.31. The van der Waals surface area contributed by atoms with Crippen LogP contribution in [0.4, 0.5) is 0 Å². The van der Waals surface area contributed by atoms with Gasteiger partial charge in [-0.15, -0.1) is 0 Å². The molecule has 0 aromatic carbocycles. The highest BCUT2D eigenvalue weighted by Crippen LogP contribution is 2.13. The lowest BCUT2D eigenvalue weighted by atomic mass is 10.1. The van der Waals surface area contributed by atoms with Crippen LogP contribution in [0.15, 0.2) is 24.5 Å². The summed E-state index contributed by atoms with van der Waals surface area (Å²) in [4.78, 5) is 19.4. The first kappa shape index (κ1) is 12.8. The number of carboxylic acid groups (broad SMARTS) is 1. The largest absolute Gasteiger partial charge is 0.478 e. The fraction of sp³-hybridized carbons (Fsp3) is 0.231. The van der Waals surface area contributed by atoms with E-state index in [0.29, 0.717) is 17.9 Å². The van der Waals surface area contributed by atoms with Crippen molar-refractivity contribution in [3.8, 4) is 11.9 Å². The monoisotopic (exact) mass is 256 g/mol. The van der Waals surface area contributed by atoms with E-state index in [9.17, 15) is 4.79 Å². The molecule has 0 aliphatic rings. The van der Waals surface area contributed by atoms with Gasteiger partial charge in [-0.2, -0.15) is 5.26 Å². The molecule has 0 unspecified atom stereocenters. The van der Waals surface area contributed by atoms with Gasteiger partial charge >= 0.3 is 5.97 Å². The first-order valence-electron chi connectivity index (χ1n) is 5.83. The highest BCUT2D eigenvalue weighted by atomic mass is 16.4. The van der Waals surface area contributed by atoms with Crippen molar-refractivity contribution in [3.63, 3.8) is 0 Å². The molecule has 0 amide bonds. The number of aromatic nitrogens is 3. The maximum atomic E-state index is 11.1. The predicted molar refractivity (Wildman–Crippen MR) is 67.0 cm³/mol. The first-order valence-corrected chi connectivity index (χ1v) is 5.83. The summed E-state index contributed by atoms with van der Waals surface area (Å²) in [6.07, 6.45) is 4.62. The summed E-state index contributed by atoms with van der Waals surface area (Å²) in [6.45, 7) is 1.99. The normalized spacial score (nSPS) is 10.1. The number of hydrogen-bond donors (Lipinski definition) is 1. The van der Waals surface area contributed by atoms with Crippen molar-refractivity contribution in [2.24, 2.45) is 0 Å². The van der Waals surface area contributed by atoms with Gasteiger partial charge in [-0.25, -0.2) is 14.8 Å². The quantitative estimate of drug-likeness (QED) is 0.900. The van der Waals surface area contributed by atoms with Crippen LogP contribution in [0.2, 0.25) is 0 Å². The maximum Gasteiger partial charge on any atom is 0.335 e. The number of hydrogen-bond acceptors (Lipinski definition) is 4. The molecule has 2 aromatic heterocycles. The van der Waals surface area contributed by atoms with Crippen LogP contribution >= 0.6 is 0 Å². The molecule has 0 bridgehead atoms. The van der Waals surface area contributed by atoms with Crippen molar-refractivity contribution in [3.05, 3.63) is 41.6 Å². The molecule has 0 saturated carbocycles. The molecule has 2 heterocycles. The Morgan fingerprint density at radius 2 is 2.32 bits per heavy atom. The van der Waals surface area contributed by atoms with Crippen LogP contribution in [-0.4, -0.2) is 25.6 Å². The van der Waals surface area contributed by atoms with E-state index in [2.05, 4.69) is 9.97 Å². The Morgan fingerprint density at radius 3 is 2.95 bits per heavy atom. The van der Waals surface area contributed by atoms with Crippen LogP contribution in [0.5, 0.6) is 0 Å². The molecule has 6 nitrogen and oxygen atoms in total. The summed E-state index contributed by atoms with van der Waals surface area (Å²) in [5, 5.41) is 18.1. The average Bonchev–Trinajstić information content (AvgIpc) is 2.87. The van der Waals surface area contributed by atoms with Gasteiger partial charge < -0.3 is 5.11 Å². The van der Waals surface area contributed by atoms with Crippen molar-refractivity contribution in [2.45, 2.75) is 19.8 Å². The van der Waals surface area contributed by atoms with E-state index in [-0.39, 0.29) is 11.4 Å². The van der Waals surface area contributed by atoms with Crippen molar-refractivity contribution >= 4 is 5.97 Å². The van der Waals surface area contributed by atoms with Crippen LogP contribution in [0.25, 0.3) is 5.82 Å². The molecule has 0 saturated heterocycles. The molecule has 1 N–H and O–H groups in total. The van der Waals surface area contributed by atoms with Gasteiger partial charge in [0.1, 0.15) is 11.9 Å². The van der Waals surface area contributed by atoms with E-state index >= 15 is 0 Å². The number of aryl methyl sites for hydroxylation is 1. The lowest BCUT2D eigenvalue weighted by molar-refractivity contribution is 0.0696. The van der Waals surface area contributed by atoms with E-state index in [1.807, 2.05) is 13.0 Å². The minimum atomic E-state index is -1.01. The molecule has 2 rings (SSSR count). The molecule has 0 radical (unpaired) electrons. The van der Waals surface area contributed by atoms with Gasteiger partial charge in [-0.3, -0.25) is 4.57 Å². The van der Waals surface area contributed by atoms with E-state index in [1.54, 1.807) is 12.3 Å². The molecule has 96 valence electrons. The Morgan fingerprint density at radius 1 is 1.53 bits per heavy atom. The summed E-state index contributed by atoms with van der Waals surface area (Å²) in [5.74, 6) is -0.436. The summed E-state index contributed by atoms with van der Waals surface area (Å²) in [6, 6.07) is 4.93. The van der Waals surface area contributed by atoms with Crippen molar-refractivity contribution in [1.82, 2.24) is 14.5 Å². The Hall–Kier alpha value is -2.68. The van der Waals surface area contributed by atoms with Gasteiger partial charge in [0.05, 0.1) is 5.56 Å². The smallest absolute Gasteiger partial charge is 0.335 e. The molecule has 0 aliphatic carbocycles. The zero-order valence-corrected chi connectivity index (χ0v) is 10.4. The van der Waals surface area contributed by atoms with Gasteiger partial charge in [0, 0.05) is 18.1 Å². The number of rotatable bonds is 4. The van der Waals surface area contributed by atoms with Crippen LogP contribution in [0, 0.1) is 11.3 Å². The first-order chi connectivity index (χ1) is 9.15. The lowest BCUT2D eigenvalue weighted by Crippen LogP contribution is -2.06. The van der Waals surface area contributed by atoms with Gasteiger partial charge in [0.15, 0.2) is 0 Å². The number of imidazole rings is 1. The number of carboxylic acids is 1. The van der Waals surface area contributed by atoms with Crippen LogP contribution < -0.4 is 0 Å². The van der Waals surface area contributed by atoms with Crippen molar-refractivity contribution in [1.29, 1.82) is 5.26 Å². The summed E-state index contributed by atoms with van der Waals surface area (Å²) < 4.78 is 1.48. The predicted octanol–water partition coefficient (Wildman–Crippen LogP) is 1.79. The molecular weight excluding hydrogens is 244 g/mol. The third-order valence-electron chi connectivity index (χ3n) is 2.61. The fourth-order valence-electron chi connectivity index (χ4n) is 1.77. The van der Waals surface area contributed by atoms with Crippen molar-refractivity contribution in [2.75, 3.05) is 0 Å². The number of aromatic carboxylic acids is 1. The van der Waals surface area contributed by atoms with Gasteiger partial charge in [-0.1, -0.05) is 13.3 Å². The Labute approximate surface area is 110 Å². The minimum absolute atomic E-state index is 0.158. The zero-order valence-electron chi connectivity index (χ0n) is 10.4. The maximum absolute atomic E-state index is 11.1. The number of carbonyl (C=O) groups is 1. The van der Waals surface area contributed by atoms with Crippen LogP contribution in [-0.2, 0) is 6.42 Å². The average molecular weight is 256 g/mol. The molecule has 2 aromatic rings. The molecule has 6 heteroatoms. The van der Waals surface area contributed by atoms with E-state index < -0.39 is 5.97 Å². The molecule has 0 aliphatic heterocycles. The van der Waals surface area contributed by atoms with Crippen LogP contribution in [0.1, 0.15) is 35.2 Å². The Kier molecular flexibility index (Phi) is 3.57. The highest BCUT2D eigenvalue weighted by molar-refractivity contribution is 5.88. The second-order valence-corrected chi connectivity index (χ2v) is 3.99. The van der Waals surface area contributed by atoms with Gasteiger partial charge in [0.25, 0.3) is 0 Å². The number of nitriles is 1. The molecular formula is C13H12N4O2. The standard InChI is InChI=1S/C13H12N4O2/c1-2-3-10-6-9(13(18)19)7-11(16-10)17-5-4-15-12(17)8-14/h4-7H,2-3H2,1H3,(H,18,19). The van der Waals surface area contributed by atoms with E-state index in [1.165, 1.54) is 16.8 Å². The zero-order chi connectivity index (χ0) is 13.8. The summed E-state index contributed by atoms with van der Waals surface area (Å²) in [7, 11) is 0. The third-order valence-corrected chi connectivity index (χ3v) is 2.61. The lowest BCUT2D eigenvalue weighted by Gasteiger charge is -2.07. The summed E-state index contributed by atoms with van der Waals surface area (Å²) >= 11 is 0. The third kappa shape index (κ3) is 2.60. The highest BCUT2D eigenvalue weighted by Gasteiger charge is 2.11. The van der Waals surface area contributed by atoms with E-state index in [4.69, 9.17) is 10.4 Å². The van der Waals surface area contributed by atoms with Crippen LogP contribution in [0.3, 0.4) is 0 Å².